The average molecular weight is 440 g/mol. The number of benzene rings is 1. The SMILES string of the molecule is O=C(c1ccc(-c2ccc([N+](=O)[O-])cc2Cl)o1)N1C[C@H]2C[C@H](C1)c1cccc(=O)n1C2. The molecule has 0 unspecified atom stereocenters. The largest absolute Gasteiger partial charge is 0.451 e. The number of carbonyl (C=O) groups is 1. The van der Waals surface area contributed by atoms with Crippen molar-refractivity contribution in [2.45, 2.75) is 18.9 Å². The minimum Gasteiger partial charge on any atom is -0.451 e. The van der Waals surface area contributed by atoms with Gasteiger partial charge in [-0.1, -0.05) is 17.7 Å². The van der Waals surface area contributed by atoms with Crippen LogP contribution in [-0.4, -0.2) is 33.4 Å². The van der Waals surface area contributed by atoms with Gasteiger partial charge < -0.3 is 13.9 Å². The number of fused-ring (bicyclic) bond motifs is 4. The molecule has 0 saturated carbocycles. The van der Waals surface area contributed by atoms with Gasteiger partial charge in [-0.05, 0) is 36.6 Å². The third-order valence-corrected chi connectivity index (χ3v) is 6.33. The Balaban J connectivity index is 1.38. The normalized spacial score (nSPS) is 19.7. The van der Waals surface area contributed by atoms with Gasteiger partial charge in [0.2, 0.25) is 0 Å². The quantitative estimate of drug-likeness (QED) is 0.455. The lowest BCUT2D eigenvalue weighted by Gasteiger charge is -2.42. The Morgan fingerprint density at radius 2 is 1.97 bits per heavy atom. The first-order valence-corrected chi connectivity index (χ1v) is 10.3. The summed E-state index contributed by atoms with van der Waals surface area (Å²) in [6.45, 7) is 1.69. The number of carbonyl (C=O) groups excluding carboxylic acids is 1. The van der Waals surface area contributed by atoms with Crippen LogP contribution in [0.15, 0.2) is 57.7 Å². The zero-order chi connectivity index (χ0) is 21.7. The highest BCUT2D eigenvalue weighted by molar-refractivity contribution is 6.33. The number of nitro groups is 1. The van der Waals surface area contributed by atoms with Gasteiger partial charge >= 0.3 is 0 Å². The molecule has 4 heterocycles. The molecular weight excluding hydrogens is 422 g/mol. The third-order valence-electron chi connectivity index (χ3n) is 6.01. The Kier molecular flexibility index (Phi) is 4.66. The summed E-state index contributed by atoms with van der Waals surface area (Å²) in [5, 5.41) is 11.1. The van der Waals surface area contributed by atoms with E-state index < -0.39 is 4.92 Å². The average Bonchev–Trinajstić information content (AvgIpc) is 3.23. The Bertz CT molecular complexity index is 1260. The second-order valence-electron chi connectivity index (χ2n) is 7.99. The maximum atomic E-state index is 13.1. The molecule has 2 aliphatic heterocycles. The van der Waals surface area contributed by atoms with E-state index in [1.807, 2.05) is 10.6 Å². The van der Waals surface area contributed by atoms with E-state index in [2.05, 4.69) is 0 Å². The van der Waals surface area contributed by atoms with E-state index in [1.165, 1.54) is 18.2 Å². The molecule has 3 aromatic rings. The summed E-state index contributed by atoms with van der Waals surface area (Å²) in [5.41, 5.74) is 1.34. The number of pyridine rings is 1. The van der Waals surface area contributed by atoms with E-state index >= 15 is 0 Å². The summed E-state index contributed by atoms with van der Waals surface area (Å²) in [4.78, 5) is 37.5. The Morgan fingerprint density at radius 1 is 1.13 bits per heavy atom. The number of furan rings is 1. The van der Waals surface area contributed by atoms with Crippen LogP contribution in [-0.2, 0) is 6.54 Å². The summed E-state index contributed by atoms with van der Waals surface area (Å²) < 4.78 is 7.60. The summed E-state index contributed by atoms with van der Waals surface area (Å²) in [6, 6.07) is 12.6. The van der Waals surface area contributed by atoms with E-state index in [4.69, 9.17) is 16.0 Å². The summed E-state index contributed by atoms with van der Waals surface area (Å²) in [7, 11) is 0. The fourth-order valence-corrected chi connectivity index (χ4v) is 4.90. The molecule has 0 N–H and O–H groups in total. The molecule has 1 amide bonds. The van der Waals surface area contributed by atoms with Crippen molar-refractivity contribution in [1.82, 2.24) is 9.47 Å². The third kappa shape index (κ3) is 3.42. The van der Waals surface area contributed by atoms with Gasteiger partial charge in [0.1, 0.15) is 5.76 Å². The lowest BCUT2D eigenvalue weighted by atomic mass is 9.83. The standard InChI is InChI=1S/C22H18ClN3O5/c23-17-9-15(26(29)30)4-5-16(17)19-6-7-20(31-19)22(28)24-10-13-8-14(12-24)18-2-1-3-21(27)25(18)11-13/h1-7,9,13-14H,8,10-12H2/t13-,14-/m1/s1. The first-order valence-electron chi connectivity index (χ1n) is 9.94. The van der Waals surface area contributed by atoms with Gasteiger partial charge in [-0.3, -0.25) is 19.7 Å². The minimum absolute atomic E-state index is 0.00243. The van der Waals surface area contributed by atoms with Crippen molar-refractivity contribution in [3.8, 4) is 11.3 Å². The first-order chi connectivity index (χ1) is 14.9. The zero-order valence-corrected chi connectivity index (χ0v) is 17.1. The van der Waals surface area contributed by atoms with Gasteiger partial charge in [0, 0.05) is 55.0 Å². The number of hydrogen-bond acceptors (Lipinski definition) is 5. The van der Waals surface area contributed by atoms with Gasteiger partial charge in [0.15, 0.2) is 5.76 Å². The smallest absolute Gasteiger partial charge is 0.289 e. The van der Waals surface area contributed by atoms with Crippen molar-refractivity contribution in [2.75, 3.05) is 13.1 Å². The van der Waals surface area contributed by atoms with E-state index in [-0.39, 0.29) is 39.8 Å². The van der Waals surface area contributed by atoms with Crippen LogP contribution >= 0.6 is 11.6 Å². The van der Waals surface area contributed by atoms with Crippen molar-refractivity contribution in [3.05, 3.63) is 85.5 Å². The molecule has 31 heavy (non-hydrogen) atoms. The summed E-state index contributed by atoms with van der Waals surface area (Å²) in [6.07, 6.45) is 0.953. The highest BCUT2D eigenvalue weighted by atomic mass is 35.5. The summed E-state index contributed by atoms with van der Waals surface area (Å²) in [5.74, 6) is 0.677. The molecule has 2 aromatic heterocycles. The highest BCUT2D eigenvalue weighted by Gasteiger charge is 2.37. The van der Waals surface area contributed by atoms with Gasteiger partial charge in [0.05, 0.1) is 9.95 Å². The number of piperidine rings is 1. The van der Waals surface area contributed by atoms with E-state index in [0.29, 0.717) is 31.0 Å². The topological polar surface area (TPSA) is 98.6 Å². The Hall–Kier alpha value is -3.39. The molecule has 0 aliphatic carbocycles. The maximum Gasteiger partial charge on any atom is 0.289 e. The number of nitrogens with zero attached hydrogens (tertiary/aromatic N) is 3. The van der Waals surface area contributed by atoms with E-state index in [0.717, 1.165) is 12.1 Å². The number of hydrogen-bond donors (Lipinski definition) is 0. The molecule has 2 bridgehead atoms. The van der Waals surface area contributed by atoms with E-state index in [9.17, 15) is 19.7 Å². The molecule has 0 radical (unpaired) electrons. The fourth-order valence-electron chi connectivity index (χ4n) is 4.63. The van der Waals surface area contributed by atoms with Gasteiger partial charge in [-0.25, -0.2) is 0 Å². The van der Waals surface area contributed by atoms with Crippen LogP contribution in [0.1, 0.15) is 28.6 Å². The van der Waals surface area contributed by atoms with Crippen LogP contribution < -0.4 is 5.56 Å². The van der Waals surface area contributed by atoms with Crippen LogP contribution in [0, 0.1) is 16.0 Å². The van der Waals surface area contributed by atoms with Crippen molar-refractivity contribution < 1.29 is 14.1 Å². The minimum atomic E-state index is -0.522. The van der Waals surface area contributed by atoms with Crippen LogP contribution in [0.2, 0.25) is 5.02 Å². The van der Waals surface area contributed by atoms with Crippen molar-refractivity contribution >= 4 is 23.2 Å². The van der Waals surface area contributed by atoms with Crippen LogP contribution in [0.3, 0.4) is 0 Å². The lowest BCUT2D eigenvalue weighted by molar-refractivity contribution is -0.384. The molecule has 5 rings (SSSR count). The second-order valence-corrected chi connectivity index (χ2v) is 8.40. The van der Waals surface area contributed by atoms with Crippen molar-refractivity contribution in [1.29, 1.82) is 0 Å². The molecular formula is C22H18ClN3O5. The lowest BCUT2D eigenvalue weighted by Crippen LogP contribution is -2.49. The number of likely N-dealkylation sites (tertiary alicyclic amines) is 1. The number of halogens is 1. The number of non-ortho nitro benzene ring substituents is 1. The molecule has 9 heteroatoms. The van der Waals surface area contributed by atoms with E-state index in [1.54, 1.807) is 29.2 Å². The predicted molar refractivity (Wildman–Crippen MR) is 113 cm³/mol. The number of nitro benzene ring substituents is 1. The number of amides is 1. The van der Waals surface area contributed by atoms with Crippen LogP contribution in [0.4, 0.5) is 5.69 Å². The molecule has 2 atom stereocenters. The van der Waals surface area contributed by atoms with Crippen molar-refractivity contribution in [2.24, 2.45) is 5.92 Å². The Morgan fingerprint density at radius 3 is 2.74 bits per heavy atom. The fraction of sp³-hybridized carbons (Fsp3) is 0.273. The number of rotatable bonds is 3. The molecule has 8 nitrogen and oxygen atoms in total. The molecule has 158 valence electrons. The van der Waals surface area contributed by atoms with Gasteiger partial charge in [-0.2, -0.15) is 0 Å². The maximum absolute atomic E-state index is 13.1. The van der Waals surface area contributed by atoms with Crippen LogP contribution in [0.5, 0.6) is 0 Å². The zero-order valence-electron chi connectivity index (χ0n) is 16.4. The predicted octanol–water partition coefficient (Wildman–Crippen LogP) is 3.93. The number of aromatic nitrogens is 1. The monoisotopic (exact) mass is 439 g/mol. The molecule has 0 spiro atoms. The van der Waals surface area contributed by atoms with Gasteiger partial charge in [-0.15, -0.1) is 0 Å². The molecule has 2 aliphatic rings. The van der Waals surface area contributed by atoms with Gasteiger partial charge in [0.25, 0.3) is 17.2 Å². The van der Waals surface area contributed by atoms with Crippen LogP contribution in [0.25, 0.3) is 11.3 Å². The summed E-state index contributed by atoms with van der Waals surface area (Å²) >= 11 is 6.18. The van der Waals surface area contributed by atoms with Crippen molar-refractivity contribution in [3.63, 3.8) is 0 Å². The Labute approximate surface area is 181 Å². The molecule has 1 fully saturated rings. The molecule has 1 saturated heterocycles. The highest BCUT2D eigenvalue weighted by Crippen LogP contribution is 2.36. The second kappa shape index (κ2) is 7.39. The first kappa shape index (κ1) is 19.6. The molecule has 1 aromatic carbocycles.